The molecule has 0 fully saturated rings. The van der Waals surface area contributed by atoms with Crippen LogP contribution < -0.4 is 14.8 Å². The van der Waals surface area contributed by atoms with Crippen LogP contribution in [0.15, 0.2) is 42.5 Å². The van der Waals surface area contributed by atoms with E-state index in [1.165, 1.54) is 16.8 Å². The Labute approximate surface area is 144 Å². The molecule has 1 heterocycles. The summed E-state index contributed by atoms with van der Waals surface area (Å²) in [5.74, 6) is 1.71. The number of rotatable bonds is 6. The molecule has 3 nitrogen and oxygen atoms in total. The second-order valence-corrected chi connectivity index (χ2v) is 5.89. The van der Waals surface area contributed by atoms with Crippen molar-refractivity contribution in [1.82, 2.24) is 0 Å². The number of ether oxygens (including phenoxy) is 2. The molecule has 0 bridgehead atoms. The van der Waals surface area contributed by atoms with Crippen LogP contribution in [0.2, 0.25) is 0 Å². The lowest BCUT2D eigenvalue weighted by atomic mass is 10.0. The molecule has 0 saturated carbocycles. The van der Waals surface area contributed by atoms with Crippen LogP contribution >= 0.6 is 12.4 Å². The standard InChI is InChI=1S/C19H23NO2.ClH/c1-3-4-17(20-16-8-5-14(2)6-9-16)11-15-7-10-18-19(12-15)22-13-21-18;/h5-10,12,17,20H,3-4,11,13H2,1-2H3;1H. The summed E-state index contributed by atoms with van der Waals surface area (Å²) in [7, 11) is 0. The average molecular weight is 334 g/mol. The fraction of sp³-hybridized carbons (Fsp3) is 0.368. The number of hydrogen-bond acceptors (Lipinski definition) is 3. The topological polar surface area (TPSA) is 30.5 Å². The molecule has 0 saturated heterocycles. The van der Waals surface area contributed by atoms with E-state index in [1.807, 2.05) is 6.07 Å². The van der Waals surface area contributed by atoms with Gasteiger partial charge in [-0.15, -0.1) is 12.4 Å². The van der Waals surface area contributed by atoms with Gasteiger partial charge < -0.3 is 14.8 Å². The molecule has 1 atom stereocenters. The van der Waals surface area contributed by atoms with E-state index in [1.54, 1.807) is 0 Å². The molecule has 4 heteroatoms. The smallest absolute Gasteiger partial charge is 0.231 e. The zero-order chi connectivity index (χ0) is 15.4. The van der Waals surface area contributed by atoms with E-state index in [4.69, 9.17) is 9.47 Å². The predicted octanol–water partition coefficient (Wildman–Crippen LogP) is 4.97. The second kappa shape index (κ2) is 8.11. The van der Waals surface area contributed by atoms with Crippen LogP contribution in [0.3, 0.4) is 0 Å². The van der Waals surface area contributed by atoms with Crippen molar-refractivity contribution in [3.8, 4) is 11.5 Å². The van der Waals surface area contributed by atoms with Crippen molar-refractivity contribution in [3.05, 3.63) is 53.6 Å². The fourth-order valence-electron chi connectivity index (χ4n) is 2.81. The van der Waals surface area contributed by atoms with Gasteiger partial charge in [0.2, 0.25) is 6.79 Å². The minimum Gasteiger partial charge on any atom is -0.454 e. The molecule has 0 radical (unpaired) electrons. The van der Waals surface area contributed by atoms with Crippen molar-refractivity contribution in [2.75, 3.05) is 12.1 Å². The van der Waals surface area contributed by atoms with Gasteiger partial charge in [-0.25, -0.2) is 0 Å². The van der Waals surface area contributed by atoms with Crippen molar-refractivity contribution in [1.29, 1.82) is 0 Å². The molecular formula is C19H24ClNO2. The first-order valence-corrected chi connectivity index (χ1v) is 7.96. The fourth-order valence-corrected chi connectivity index (χ4v) is 2.81. The Balaban J connectivity index is 0.00000192. The molecule has 2 aromatic carbocycles. The van der Waals surface area contributed by atoms with Crippen LogP contribution in [0, 0.1) is 6.92 Å². The van der Waals surface area contributed by atoms with Gasteiger partial charge in [0.1, 0.15) is 0 Å². The summed E-state index contributed by atoms with van der Waals surface area (Å²) in [4.78, 5) is 0. The maximum absolute atomic E-state index is 5.47. The molecule has 1 aliphatic heterocycles. The van der Waals surface area contributed by atoms with E-state index in [-0.39, 0.29) is 12.4 Å². The Morgan fingerprint density at radius 2 is 1.78 bits per heavy atom. The molecule has 124 valence electrons. The van der Waals surface area contributed by atoms with Crippen molar-refractivity contribution >= 4 is 18.1 Å². The lowest BCUT2D eigenvalue weighted by Gasteiger charge is -2.20. The normalized spacial score (nSPS) is 13.3. The SMILES string of the molecule is CCCC(Cc1ccc2c(c1)OCO2)Nc1ccc(C)cc1.Cl. The Kier molecular flexibility index (Phi) is 6.17. The van der Waals surface area contributed by atoms with Crippen LogP contribution in [-0.4, -0.2) is 12.8 Å². The van der Waals surface area contributed by atoms with Gasteiger partial charge in [-0.05, 0) is 49.6 Å². The number of aryl methyl sites for hydroxylation is 1. The Hall–Kier alpha value is -1.87. The molecule has 3 rings (SSSR count). The third-order valence-corrected chi connectivity index (χ3v) is 3.98. The quantitative estimate of drug-likeness (QED) is 0.809. The number of anilines is 1. The molecule has 1 N–H and O–H groups in total. The minimum absolute atomic E-state index is 0. The molecule has 2 aromatic rings. The van der Waals surface area contributed by atoms with Gasteiger partial charge in [0.25, 0.3) is 0 Å². The summed E-state index contributed by atoms with van der Waals surface area (Å²) in [5.41, 5.74) is 3.75. The van der Waals surface area contributed by atoms with Crippen molar-refractivity contribution in [3.63, 3.8) is 0 Å². The number of nitrogens with one attached hydrogen (secondary N) is 1. The van der Waals surface area contributed by atoms with Crippen molar-refractivity contribution in [2.24, 2.45) is 0 Å². The summed E-state index contributed by atoms with van der Waals surface area (Å²) < 4.78 is 10.8. The monoisotopic (exact) mass is 333 g/mol. The Morgan fingerprint density at radius 1 is 1.04 bits per heavy atom. The van der Waals surface area contributed by atoms with Crippen LogP contribution in [0.4, 0.5) is 5.69 Å². The summed E-state index contributed by atoms with van der Waals surface area (Å²) in [5, 5.41) is 3.65. The van der Waals surface area contributed by atoms with E-state index in [0.717, 1.165) is 30.8 Å². The molecular weight excluding hydrogens is 310 g/mol. The molecule has 0 aromatic heterocycles. The van der Waals surface area contributed by atoms with E-state index < -0.39 is 0 Å². The average Bonchev–Trinajstić information content (AvgIpc) is 2.97. The lowest BCUT2D eigenvalue weighted by Crippen LogP contribution is -2.22. The maximum atomic E-state index is 5.47. The summed E-state index contributed by atoms with van der Waals surface area (Å²) in [6.45, 7) is 4.67. The van der Waals surface area contributed by atoms with Gasteiger partial charge in [0.05, 0.1) is 0 Å². The highest BCUT2D eigenvalue weighted by Crippen LogP contribution is 2.33. The zero-order valence-electron chi connectivity index (χ0n) is 13.7. The Morgan fingerprint density at radius 3 is 2.52 bits per heavy atom. The van der Waals surface area contributed by atoms with Crippen LogP contribution in [-0.2, 0) is 6.42 Å². The molecule has 1 unspecified atom stereocenters. The third kappa shape index (κ3) is 4.55. The van der Waals surface area contributed by atoms with Gasteiger partial charge in [-0.1, -0.05) is 37.1 Å². The van der Waals surface area contributed by atoms with E-state index >= 15 is 0 Å². The van der Waals surface area contributed by atoms with Gasteiger partial charge in [0, 0.05) is 11.7 Å². The van der Waals surface area contributed by atoms with E-state index in [2.05, 4.69) is 55.6 Å². The minimum atomic E-state index is 0. The molecule has 0 aliphatic carbocycles. The first kappa shape index (κ1) is 17.5. The zero-order valence-corrected chi connectivity index (χ0v) is 14.5. The predicted molar refractivity (Wildman–Crippen MR) is 97.0 cm³/mol. The first-order valence-electron chi connectivity index (χ1n) is 7.96. The van der Waals surface area contributed by atoms with Gasteiger partial charge in [0.15, 0.2) is 11.5 Å². The van der Waals surface area contributed by atoms with Crippen molar-refractivity contribution in [2.45, 2.75) is 39.2 Å². The third-order valence-electron chi connectivity index (χ3n) is 3.98. The Bertz CT molecular complexity index is 628. The van der Waals surface area contributed by atoms with Gasteiger partial charge >= 0.3 is 0 Å². The van der Waals surface area contributed by atoms with E-state index in [9.17, 15) is 0 Å². The molecule has 1 aliphatic rings. The summed E-state index contributed by atoms with van der Waals surface area (Å²) >= 11 is 0. The van der Waals surface area contributed by atoms with Crippen LogP contribution in [0.1, 0.15) is 30.9 Å². The van der Waals surface area contributed by atoms with Gasteiger partial charge in [-0.3, -0.25) is 0 Å². The highest BCUT2D eigenvalue weighted by Gasteiger charge is 2.15. The molecule has 23 heavy (non-hydrogen) atoms. The largest absolute Gasteiger partial charge is 0.454 e. The van der Waals surface area contributed by atoms with E-state index in [0.29, 0.717) is 12.8 Å². The molecule has 0 amide bonds. The first-order chi connectivity index (χ1) is 10.7. The lowest BCUT2D eigenvalue weighted by molar-refractivity contribution is 0.174. The summed E-state index contributed by atoms with van der Waals surface area (Å²) in [6, 6.07) is 15.3. The highest BCUT2D eigenvalue weighted by atomic mass is 35.5. The summed E-state index contributed by atoms with van der Waals surface area (Å²) in [6.07, 6.45) is 3.29. The maximum Gasteiger partial charge on any atom is 0.231 e. The van der Waals surface area contributed by atoms with Crippen LogP contribution in [0.5, 0.6) is 11.5 Å². The highest BCUT2D eigenvalue weighted by molar-refractivity contribution is 5.85. The van der Waals surface area contributed by atoms with Crippen molar-refractivity contribution < 1.29 is 9.47 Å². The molecule has 0 spiro atoms. The number of halogens is 1. The number of fused-ring (bicyclic) bond motifs is 1. The second-order valence-electron chi connectivity index (χ2n) is 5.89. The number of hydrogen-bond donors (Lipinski definition) is 1. The van der Waals surface area contributed by atoms with Crippen LogP contribution in [0.25, 0.3) is 0 Å². The number of benzene rings is 2. The van der Waals surface area contributed by atoms with Gasteiger partial charge in [-0.2, -0.15) is 0 Å².